The Hall–Kier alpha value is -3.40. The normalized spacial score (nSPS) is 10.8. The van der Waals surface area contributed by atoms with Gasteiger partial charge < -0.3 is 15.3 Å². The second-order valence-corrected chi connectivity index (χ2v) is 6.82. The molecule has 7 heteroatoms. The molecule has 3 rings (SSSR count). The lowest BCUT2D eigenvalue weighted by atomic mass is 9.99. The monoisotopic (exact) mass is 377 g/mol. The highest BCUT2D eigenvalue weighted by Crippen LogP contribution is 2.15. The highest BCUT2D eigenvalue weighted by atomic mass is 16.1. The van der Waals surface area contributed by atoms with Crippen LogP contribution in [-0.4, -0.2) is 27.4 Å². The molecule has 0 unspecified atom stereocenters. The smallest absolute Gasteiger partial charge is 0.266 e. The van der Waals surface area contributed by atoms with E-state index in [4.69, 9.17) is 5.26 Å². The molecule has 3 N–H and O–H groups in total. The fourth-order valence-electron chi connectivity index (χ4n) is 3.35. The van der Waals surface area contributed by atoms with Crippen LogP contribution in [0.3, 0.4) is 0 Å². The maximum Gasteiger partial charge on any atom is 0.266 e. The number of aromatic nitrogens is 3. The number of H-pyrrole nitrogens is 2. The van der Waals surface area contributed by atoms with Crippen LogP contribution in [0.2, 0.25) is 0 Å². The zero-order valence-corrected chi connectivity index (χ0v) is 16.1. The van der Waals surface area contributed by atoms with Crippen molar-refractivity contribution >= 4 is 16.9 Å². The highest BCUT2D eigenvalue weighted by molar-refractivity contribution is 5.76. The van der Waals surface area contributed by atoms with Crippen LogP contribution < -0.4 is 10.9 Å². The number of aromatic amines is 2. The van der Waals surface area contributed by atoms with E-state index in [2.05, 4.69) is 20.3 Å². The number of nitrogens with zero attached hydrogens (tertiary/aromatic N) is 2. The molecule has 0 bridgehead atoms. The Labute approximate surface area is 162 Å². The predicted octanol–water partition coefficient (Wildman–Crippen LogP) is 2.42. The van der Waals surface area contributed by atoms with Crippen LogP contribution in [0.25, 0.3) is 11.0 Å². The number of nitrogens with one attached hydrogen (secondary N) is 3. The lowest BCUT2D eigenvalue weighted by Crippen LogP contribution is -2.25. The predicted molar refractivity (Wildman–Crippen MR) is 107 cm³/mol. The minimum Gasteiger partial charge on any atom is -0.356 e. The van der Waals surface area contributed by atoms with E-state index >= 15 is 0 Å². The van der Waals surface area contributed by atoms with Crippen LogP contribution >= 0.6 is 0 Å². The Morgan fingerprint density at radius 3 is 2.75 bits per heavy atom. The topological polar surface area (TPSA) is 114 Å². The molecule has 2 aromatic heterocycles. The third kappa shape index (κ3) is 4.29. The summed E-state index contributed by atoms with van der Waals surface area (Å²) in [6.07, 6.45) is 2.35. The van der Waals surface area contributed by atoms with Crippen LogP contribution in [0.5, 0.6) is 0 Å². The van der Waals surface area contributed by atoms with Crippen molar-refractivity contribution in [1.29, 1.82) is 5.26 Å². The molecular weight excluding hydrogens is 354 g/mol. The molecule has 7 nitrogen and oxygen atoms in total. The number of imidazole rings is 1. The molecule has 0 spiro atoms. The first-order valence-corrected chi connectivity index (χ1v) is 9.32. The van der Waals surface area contributed by atoms with Crippen molar-refractivity contribution in [2.24, 2.45) is 0 Å². The van der Waals surface area contributed by atoms with Gasteiger partial charge in [0.25, 0.3) is 5.56 Å². The standard InChI is InChI=1S/C21H23N5O2/c1-13-15(14(2)24-21(28)16(13)12-22)9-10-20(27)23-11-5-8-19-25-17-6-3-4-7-18(17)26-19/h3-4,6-7H,5,8-11H2,1-2H3,(H,23,27)(H,24,28)(H,25,26). The van der Waals surface area contributed by atoms with Gasteiger partial charge in [0.05, 0.1) is 11.0 Å². The van der Waals surface area contributed by atoms with Crippen molar-refractivity contribution in [3.63, 3.8) is 0 Å². The van der Waals surface area contributed by atoms with Gasteiger partial charge >= 0.3 is 0 Å². The second kappa shape index (κ2) is 8.53. The number of hydrogen-bond acceptors (Lipinski definition) is 4. The van der Waals surface area contributed by atoms with E-state index in [1.54, 1.807) is 13.8 Å². The summed E-state index contributed by atoms with van der Waals surface area (Å²) in [4.78, 5) is 34.4. The number of nitriles is 1. The maximum atomic E-state index is 12.1. The molecule has 144 valence electrons. The summed E-state index contributed by atoms with van der Waals surface area (Å²) in [6, 6.07) is 9.82. The van der Waals surface area contributed by atoms with Gasteiger partial charge in [-0.05, 0) is 49.9 Å². The maximum absolute atomic E-state index is 12.1. The van der Waals surface area contributed by atoms with Gasteiger partial charge in [-0.1, -0.05) is 12.1 Å². The summed E-state index contributed by atoms with van der Waals surface area (Å²) in [5.41, 5.74) is 3.92. The Kier molecular flexibility index (Phi) is 5.90. The summed E-state index contributed by atoms with van der Waals surface area (Å²) in [5, 5.41) is 12.0. The minimum absolute atomic E-state index is 0.0480. The highest BCUT2D eigenvalue weighted by Gasteiger charge is 2.13. The molecule has 1 aromatic carbocycles. The molecule has 3 aromatic rings. The number of hydrogen-bond donors (Lipinski definition) is 3. The van der Waals surface area contributed by atoms with Gasteiger partial charge in [-0.15, -0.1) is 0 Å². The Morgan fingerprint density at radius 2 is 2.00 bits per heavy atom. The van der Waals surface area contributed by atoms with E-state index in [0.717, 1.165) is 35.3 Å². The van der Waals surface area contributed by atoms with Crippen LogP contribution in [0, 0.1) is 25.2 Å². The Balaban J connectivity index is 1.47. The summed E-state index contributed by atoms with van der Waals surface area (Å²) >= 11 is 0. The minimum atomic E-state index is -0.378. The van der Waals surface area contributed by atoms with Crippen molar-refractivity contribution in [1.82, 2.24) is 20.3 Å². The van der Waals surface area contributed by atoms with E-state index in [0.29, 0.717) is 30.6 Å². The lowest BCUT2D eigenvalue weighted by Gasteiger charge is -2.11. The van der Waals surface area contributed by atoms with Crippen molar-refractivity contribution in [2.45, 2.75) is 39.5 Å². The summed E-state index contributed by atoms with van der Waals surface area (Å²) in [7, 11) is 0. The largest absolute Gasteiger partial charge is 0.356 e. The third-order valence-corrected chi connectivity index (χ3v) is 4.87. The molecule has 0 saturated heterocycles. The van der Waals surface area contributed by atoms with E-state index in [1.165, 1.54) is 0 Å². The van der Waals surface area contributed by atoms with Crippen LogP contribution in [-0.2, 0) is 17.6 Å². The zero-order valence-electron chi connectivity index (χ0n) is 16.1. The molecule has 0 fully saturated rings. The molecule has 0 radical (unpaired) electrons. The summed E-state index contributed by atoms with van der Waals surface area (Å²) < 4.78 is 0. The van der Waals surface area contributed by atoms with E-state index in [-0.39, 0.29) is 17.0 Å². The van der Waals surface area contributed by atoms with Gasteiger partial charge in [-0.25, -0.2) is 4.98 Å². The van der Waals surface area contributed by atoms with Gasteiger partial charge in [-0.2, -0.15) is 5.26 Å². The first kappa shape index (κ1) is 19.4. The van der Waals surface area contributed by atoms with Crippen LogP contribution in [0.15, 0.2) is 29.1 Å². The summed E-state index contributed by atoms with van der Waals surface area (Å²) in [6.45, 7) is 4.11. The van der Waals surface area contributed by atoms with E-state index in [9.17, 15) is 9.59 Å². The number of aryl methyl sites for hydroxylation is 2. The Morgan fingerprint density at radius 1 is 1.21 bits per heavy atom. The van der Waals surface area contributed by atoms with E-state index in [1.807, 2.05) is 30.3 Å². The number of para-hydroxylation sites is 2. The third-order valence-electron chi connectivity index (χ3n) is 4.87. The van der Waals surface area contributed by atoms with Gasteiger partial charge in [0, 0.05) is 25.1 Å². The molecule has 0 aliphatic carbocycles. The van der Waals surface area contributed by atoms with Crippen molar-refractivity contribution in [3.8, 4) is 6.07 Å². The molecule has 1 amide bonds. The number of fused-ring (bicyclic) bond motifs is 1. The van der Waals surface area contributed by atoms with Crippen LogP contribution in [0.1, 0.15) is 41.1 Å². The number of carbonyl (C=O) groups excluding carboxylic acids is 1. The number of benzene rings is 1. The molecule has 28 heavy (non-hydrogen) atoms. The second-order valence-electron chi connectivity index (χ2n) is 6.82. The molecule has 0 saturated carbocycles. The first-order valence-electron chi connectivity index (χ1n) is 9.32. The molecular formula is C21H23N5O2. The zero-order chi connectivity index (χ0) is 20.1. The first-order chi connectivity index (χ1) is 13.5. The quantitative estimate of drug-likeness (QED) is 0.549. The average molecular weight is 377 g/mol. The van der Waals surface area contributed by atoms with Gasteiger partial charge in [0.1, 0.15) is 17.5 Å². The molecule has 0 atom stereocenters. The number of rotatable bonds is 7. The SMILES string of the molecule is Cc1[nH]c(=O)c(C#N)c(C)c1CCC(=O)NCCCc1nc2ccccc2[nH]1. The fourth-order valence-corrected chi connectivity index (χ4v) is 3.35. The van der Waals surface area contributed by atoms with Crippen LogP contribution in [0.4, 0.5) is 0 Å². The average Bonchev–Trinajstić information content (AvgIpc) is 3.08. The number of carbonyl (C=O) groups is 1. The van der Waals surface area contributed by atoms with Crippen molar-refractivity contribution < 1.29 is 4.79 Å². The summed E-state index contributed by atoms with van der Waals surface area (Å²) in [5.74, 6) is 0.868. The number of pyridine rings is 1. The van der Waals surface area contributed by atoms with Crippen molar-refractivity contribution in [3.05, 3.63) is 62.8 Å². The number of amides is 1. The lowest BCUT2D eigenvalue weighted by molar-refractivity contribution is -0.121. The molecule has 0 aliphatic heterocycles. The molecule has 2 heterocycles. The van der Waals surface area contributed by atoms with Crippen molar-refractivity contribution in [2.75, 3.05) is 6.54 Å². The fraction of sp³-hybridized carbons (Fsp3) is 0.333. The van der Waals surface area contributed by atoms with Gasteiger partial charge in [0.15, 0.2) is 0 Å². The van der Waals surface area contributed by atoms with E-state index < -0.39 is 0 Å². The van der Waals surface area contributed by atoms with Gasteiger partial charge in [0.2, 0.25) is 5.91 Å². The van der Waals surface area contributed by atoms with Gasteiger partial charge in [-0.3, -0.25) is 9.59 Å². The Bertz CT molecular complexity index is 1070. The molecule has 0 aliphatic rings.